The van der Waals surface area contributed by atoms with Crippen LogP contribution in [0.1, 0.15) is 37.6 Å². The van der Waals surface area contributed by atoms with E-state index in [9.17, 15) is 9.59 Å². The summed E-state index contributed by atoms with van der Waals surface area (Å²) in [6, 6.07) is 13.0. The van der Waals surface area contributed by atoms with Crippen LogP contribution in [0.2, 0.25) is 0 Å². The molecular formula is C24H25N5O3S. The summed E-state index contributed by atoms with van der Waals surface area (Å²) in [5.74, 6) is 1.04. The van der Waals surface area contributed by atoms with E-state index in [1.54, 1.807) is 12.3 Å². The molecule has 4 heterocycles. The molecule has 3 aliphatic heterocycles. The first-order valence-electron chi connectivity index (χ1n) is 11.2. The lowest BCUT2D eigenvalue weighted by atomic mass is 10.1. The van der Waals surface area contributed by atoms with E-state index in [0.29, 0.717) is 29.4 Å². The fourth-order valence-corrected chi connectivity index (χ4v) is 5.10. The molecule has 0 bridgehead atoms. The maximum atomic E-state index is 13.3. The van der Waals surface area contributed by atoms with Crippen LogP contribution in [-0.4, -0.2) is 30.5 Å². The van der Waals surface area contributed by atoms with E-state index in [4.69, 9.17) is 9.40 Å². The zero-order valence-corrected chi connectivity index (χ0v) is 19.2. The number of thioether (sulfide) groups is 1. The van der Waals surface area contributed by atoms with Gasteiger partial charge in [-0.25, -0.2) is 4.98 Å². The molecule has 170 valence electrons. The summed E-state index contributed by atoms with van der Waals surface area (Å²) in [5.41, 5.74) is 2.12. The number of benzene rings is 1. The lowest BCUT2D eigenvalue weighted by Crippen LogP contribution is -2.31. The smallest absolute Gasteiger partial charge is 0.284 e. The largest absolute Gasteiger partial charge is 0.467 e. The Kier molecular flexibility index (Phi) is 6.04. The van der Waals surface area contributed by atoms with Gasteiger partial charge in [0.25, 0.3) is 5.56 Å². The van der Waals surface area contributed by atoms with Crippen LogP contribution in [0.3, 0.4) is 0 Å². The van der Waals surface area contributed by atoms with Crippen molar-refractivity contribution in [1.29, 1.82) is 0 Å². The van der Waals surface area contributed by atoms with Gasteiger partial charge in [-0.05, 0) is 50.5 Å². The second-order valence-electron chi connectivity index (χ2n) is 8.11. The third kappa shape index (κ3) is 4.32. The van der Waals surface area contributed by atoms with Crippen molar-refractivity contribution in [2.75, 3.05) is 0 Å². The van der Waals surface area contributed by atoms with Gasteiger partial charge >= 0.3 is 0 Å². The number of carbonyl (C=O) groups is 1. The van der Waals surface area contributed by atoms with Crippen molar-refractivity contribution in [3.05, 3.63) is 70.5 Å². The molecule has 0 fully saturated rings. The van der Waals surface area contributed by atoms with Crippen LogP contribution in [0.4, 0.5) is 0 Å². The number of nitrogens with zero attached hydrogens (tertiary/aromatic N) is 4. The number of hydrogen-bond donors (Lipinski definition) is 1. The van der Waals surface area contributed by atoms with Crippen molar-refractivity contribution in [2.45, 2.75) is 56.1 Å². The lowest BCUT2D eigenvalue weighted by Gasteiger charge is -2.19. The molecule has 0 radical (unpaired) electrons. The highest BCUT2D eigenvalue weighted by Gasteiger charge is 2.28. The third-order valence-corrected chi connectivity index (χ3v) is 6.93. The second-order valence-corrected chi connectivity index (χ2v) is 9.42. The molecule has 1 aromatic carbocycles. The van der Waals surface area contributed by atoms with Gasteiger partial charge in [-0.3, -0.25) is 9.59 Å². The van der Waals surface area contributed by atoms with Crippen LogP contribution >= 0.6 is 11.8 Å². The van der Waals surface area contributed by atoms with E-state index in [1.807, 2.05) is 43.3 Å². The number of hydrogen-bond acceptors (Lipinski definition) is 6. The van der Waals surface area contributed by atoms with Gasteiger partial charge in [0, 0.05) is 12.2 Å². The van der Waals surface area contributed by atoms with E-state index in [-0.39, 0.29) is 16.7 Å². The standard InChI is InChI=1S/C24H25N5O3S/c1-16(22(30)25-15-18-11-8-14-32-18)33-24-26-21-20(19-12-6-3-7-13-28(19)24)23(31)29(27-21)17-9-4-2-5-10-17/h2,4-5,8-11,14,16H,3,6-7,12-13,15H2,1H3,(H,25,30)/t16-/m1/s1. The van der Waals surface area contributed by atoms with Crippen LogP contribution in [0, 0.1) is 0 Å². The molecule has 1 aromatic heterocycles. The summed E-state index contributed by atoms with van der Waals surface area (Å²) < 4.78 is 8.84. The van der Waals surface area contributed by atoms with Gasteiger partial charge < -0.3 is 14.3 Å². The van der Waals surface area contributed by atoms with Gasteiger partial charge in [0.2, 0.25) is 5.91 Å². The molecule has 5 rings (SSSR count). The molecule has 0 aliphatic carbocycles. The number of para-hydroxylation sites is 1. The molecule has 1 atom stereocenters. The number of aromatic nitrogens is 4. The predicted octanol–water partition coefficient (Wildman–Crippen LogP) is 3.65. The van der Waals surface area contributed by atoms with Gasteiger partial charge in [0.05, 0.1) is 23.7 Å². The van der Waals surface area contributed by atoms with Crippen molar-refractivity contribution in [3.8, 4) is 17.1 Å². The summed E-state index contributed by atoms with van der Waals surface area (Å²) in [7, 11) is 0. The van der Waals surface area contributed by atoms with Crippen LogP contribution < -0.4 is 10.9 Å². The monoisotopic (exact) mass is 463 g/mol. The summed E-state index contributed by atoms with van der Waals surface area (Å²) in [5, 5.41) is 7.82. The number of nitrogens with one attached hydrogen (secondary N) is 1. The van der Waals surface area contributed by atoms with Crippen LogP contribution in [0.25, 0.3) is 17.1 Å². The Balaban J connectivity index is 1.49. The molecule has 1 amide bonds. The Morgan fingerprint density at radius 3 is 2.82 bits per heavy atom. The highest BCUT2D eigenvalue weighted by molar-refractivity contribution is 8.00. The zero-order valence-electron chi connectivity index (χ0n) is 18.4. The van der Waals surface area contributed by atoms with Gasteiger partial charge in [0.1, 0.15) is 11.3 Å². The first-order chi connectivity index (χ1) is 16.1. The minimum absolute atomic E-state index is 0.0967. The van der Waals surface area contributed by atoms with Gasteiger partial charge in [-0.1, -0.05) is 36.4 Å². The third-order valence-electron chi connectivity index (χ3n) is 5.84. The van der Waals surface area contributed by atoms with Crippen LogP contribution in [0.5, 0.6) is 0 Å². The first-order valence-corrected chi connectivity index (χ1v) is 12.0. The minimum Gasteiger partial charge on any atom is -0.467 e. The number of amides is 1. The summed E-state index contributed by atoms with van der Waals surface area (Å²) >= 11 is 1.40. The van der Waals surface area contributed by atoms with E-state index in [2.05, 4.69) is 15.0 Å². The van der Waals surface area contributed by atoms with Gasteiger partial charge in [-0.15, -0.1) is 5.10 Å². The molecule has 0 unspecified atom stereocenters. The van der Waals surface area contributed by atoms with Crippen LogP contribution in [-0.2, 0) is 24.3 Å². The molecule has 0 saturated carbocycles. The summed E-state index contributed by atoms with van der Waals surface area (Å²) in [6.07, 6.45) is 5.50. The van der Waals surface area contributed by atoms with Crippen molar-refractivity contribution in [1.82, 2.24) is 24.6 Å². The van der Waals surface area contributed by atoms with Crippen LogP contribution in [0.15, 0.2) is 63.1 Å². The first kappa shape index (κ1) is 21.5. The summed E-state index contributed by atoms with van der Waals surface area (Å²) in [4.78, 5) is 30.8. The SMILES string of the molecule is C[C@@H](Sc1nc2nn(-c3ccccc3)c(=O)c-2c2n1CCCCC2)C(=O)NCc1ccco1. The quantitative estimate of drug-likeness (QED) is 0.346. The Labute approximate surface area is 195 Å². The Bertz CT molecular complexity index is 1280. The normalized spacial score (nSPS) is 14.6. The predicted molar refractivity (Wildman–Crippen MR) is 126 cm³/mol. The Hall–Kier alpha value is -3.33. The van der Waals surface area contributed by atoms with Crippen molar-refractivity contribution in [3.63, 3.8) is 0 Å². The average Bonchev–Trinajstić information content (AvgIpc) is 3.39. The second kappa shape index (κ2) is 9.27. The van der Waals surface area contributed by atoms with E-state index < -0.39 is 0 Å². The number of fused-ring (bicyclic) bond motifs is 3. The highest BCUT2D eigenvalue weighted by Crippen LogP contribution is 2.32. The highest BCUT2D eigenvalue weighted by atomic mass is 32.2. The maximum Gasteiger partial charge on any atom is 0.284 e. The number of carbonyl (C=O) groups excluding carboxylic acids is 1. The van der Waals surface area contributed by atoms with E-state index in [0.717, 1.165) is 43.1 Å². The van der Waals surface area contributed by atoms with Gasteiger partial charge in [0.15, 0.2) is 11.0 Å². The fourth-order valence-electron chi connectivity index (χ4n) is 4.13. The van der Waals surface area contributed by atoms with Crippen molar-refractivity contribution >= 4 is 17.7 Å². The minimum atomic E-state index is -0.368. The Morgan fingerprint density at radius 2 is 2.03 bits per heavy atom. The van der Waals surface area contributed by atoms with Gasteiger partial charge in [-0.2, -0.15) is 4.68 Å². The number of furan rings is 1. The molecule has 1 N–H and O–H groups in total. The lowest BCUT2D eigenvalue weighted by molar-refractivity contribution is -0.120. The van der Waals surface area contributed by atoms with E-state index in [1.165, 1.54) is 16.4 Å². The van der Waals surface area contributed by atoms with Crippen molar-refractivity contribution < 1.29 is 9.21 Å². The molecule has 33 heavy (non-hydrogen) atoms. The van der Waals surface area contributed by atoms with E-state index >= 15 is 0 Å². The average molecular weight is 464 g/mol. The molecule has 2 aromatic rings. The topological polar surface area (TPSA) is 95.0 Å². The molecule has 9 heteroatoms. The molecule has 0 saturated heterocycles. The molecule has 8 nitrogen and oxygen atoms in total. The maximum absolute atomic E-state index is 13.3. The molecule has 3 aliphatic rings. The zero-order chi connectivity index (χ0) is 22.8. The van der Waals surface area contributed by atoms with Crippen molar-refractivity contribution in [2.24, 2.45) is 0 Å². The molecular weight excluding hydrogens is 438 g/mol. The summed E-state index contributed by atoms with van der Waals surface area (Å²) in [6.45, 7) is 2.98. The number of rotatable bonds is 6. The Morgan fingerprint density at radius 1 is 1.18 bits per heavy atom. The fraction of sp³-hybridized carbons (Fsp3) is 0.333. The molecule has 0 spiro atoms.